The molecule has 2 aliphatic carbocycles. The van der Waals surface area contributed by atoms with Crippen molar-refractivity contribution in [1.82, 2.24) is 26.4 Å². The molecule has 2 bridgehead atoms. The van der Waals surface area contributed by atoms with Crippen LogP contribution in [0.15, 0.2) is 77.2 Å². The quantitative estimate of drug-likeness (QED) is 0.0121. The lowest BCUT2D eigenvalue weighted by Crippen LogP contribution is -2.65. The first-order valence-electron chi connectivity index (χ1n) is 35.0. The minimum Gasteiger partial charge on any atom is -0.494 e. The van der Waals surface area contributed by atoms with Gasteiger partial charge >= 0.3 is 6.09 Å². The molecule has 6 aliphatic rings. The third-order valence-corrected chi connectivity index (χ3v) is 24.5. The van der Waals surface area contributed by atoms with E-state index in [2.05, 4.69) is 56.9 Å². The van der Waals surface area contributed by atoms with E-state index in [4.69, 9.17) is 66.4 Å². The molecule has 2 aromatic rings. The highest BCUT2D eigenvalue weighted by atomic mass is 127. The molecule has 0 saturated carbocycles. The first-order chi connectivity index (χ1) is 51.9. The number of thioether (sulfide) groups is 1. The fourth-order valence-electron chi connectivity index (χ4n) is 12.9. The van der Waals surface area contributed by atoms with Crippen LogP contribution in [0, 0.1) is 34.2 Å². The second kappa shape index (κ2) is 40.4. The number of hydrogen-bond acceptors (Lipinski definition) is 30. The number of halogens is 1. The lowest BCUT2D eigenvalue weighted by molar-refractivity contribution is -0.337. The van der Waals surface area contributed by atoms with Gasteiger partial charge in [-0.2, -0.15) is 10.6 Å². The van der Waals surface area contributed by atoms with Crippen molar-refractivity contribution in [2.45, 2.75) is 214 Å². The fourth-order valence-corrected chi connectivity index (χ4v) is 17.0. The summed E-state index contributed by atoms with van der Waals surface area (Å²) in [6.07, 6.45) is -13.9. The summed E-state index contributed by atoms with van der Waals surface area (Å²) in [4.78, 5) is 87.7. The summed E-state index contributed by atoms with van der Waals surface area (Å²) < 4.78 is 78.1. The zero-order valence-corrected chi connectivity index (χ0v) is 67.6. The van der Waals surface area contributed by atoms with E-state index in [1.165, 1.54) is 80.2 Å². The second-order valence-electron chi connectivity index (χ2n) is 26.8. The summed E-state index contributed by atoms with van der Waals surface area (Å²) in [6.45, 7) is 17.4. The molecular weight excluding hydrogens is 1600 g/mol. The summed E-state index contributed by atoms with van der Waals surface area (Å²) in [6, 6.07) is 5.31. The molecule has 0 spiro atoms. The van der Waals surface area contributed by atoms with Crippen molar-refractivity contribution in [3.8, 4) is 46.7 Å². The molecule has 4 heterocycles. The summed E-state index contributed by atoms with van der Waals surface area (Å²) >= 11 is 2.77. The van der Waals surface area contributed by atoms with Gasteiger partial charge < -0.3 is 97.3 Å². The first-order valence-corrected chi connectivity index (χ1v) is 39.3. The Morgan fingerprint density at radius 1 is 0.862 bits per heavy atom. The van der Waals surface area contributed by atoms with Crippen LogP contribution in [0.3, 0.4) is 0 Å². The van der Waals surface area contributed by atoms with Crippen molar-refractivity contribution in [2.24, 2.45) is 5.10 Å². The number of aliphatic hydroxyl groups excluding tert-OH is 4. The molecule has 4 fully saturated rings. The van der Waals surface area contributed by atoms with Gasteiger partial charge in [0, 0.05) is 81.7 Å². The average Bonchev–Trinajstić information content (AvgIpc) is 0.754. The van der Waals surface area contributed by atoms with Gasteiger partial charge in [0.05, 0.1) is 109 Å². The van der Waals surface area contributed by atoms with E-state index < -0.39 is 143 Å². The van der Waals surface area contributed by atoms with Gasteiger partial charge in [-0.1, -0.05) is 69.7 Å². The molecule has 598 valence electrons. The molecule has 31 nitrogen and oxygen atoms in total. The van der Waals surface area contributed by atoms with Crippen molar-refractivity contribution in [1.29, 1.82) is 0 Å². The number of carbonyl (C=O) groups excluding carboxylic acids is 6. The molecule has 4 saturated heterocycles. The van der Waals surface area contributed by atoms with Crippen molar-refractivity contribution >= 4 is 96.4 Å². The number of rotatable bonds is 31. The number of nitrogens with one attached hydrogen (secondary N) is 4. The van der Waals surface area contributed by atoms with Gasteiger partial charge in [-0.25, -0.2) is 10.2 Å². The Bertz CT molecular complexity index is 3850. The maximum Gasteiger partial charge on any atom is 0.411 e. The van der Waals surface area contributed by atoms with Crippen LogP contribution in [0.4, 0.5) is 4.79 Å². The Kier molecular flexibility index (Phi) is 32.6. The number of benzene rings is 2. The van der Waals surface area contributed by atoms with Gasteiger partial charge in [-0.15, -0.1) is 0 Å². The SMILES string of the molecule is C=CN(C(C)=O)C1COC(OC2C(OC3C#C/C=C\C#CC4(O)CC(=O)C(NC(=O)OC)=C3/C4=C\CSSC(C)(C)CC(=O)NN=C(C)c3ccc(OCCCC(=O)NC)cc3)OC(C)C(NOC3CC(O)C(SC(=O)c4c(C)c(I)c(OC5OC(C)C(O)C(OC)C5O)c(OC)c4OC)C(C)O3)C2O)CC1OC. The first kappa shape index (κ1) is 88.2. The minimum absolute atomic E-state index is 0.00437. The van der Waals surface area contributed by atoms with Crippen LogP contribution in [-0.4, -0.2) is 252 Å². The normalized spacial score (nSPS) is 30.4. The van der Waals surface area contributed by atoms with Crippen LogP contribution in [-0.2, 0) is 66.6 Å². The summed E-state index contributed by atoms with van der Waals surface area (Å²) in [5.74, 6) is 10.7. The Morgan fingerprint density at radius 3 is 2.22 bits per heavy atom. The minimum atomic E-state index is -2.23. The lowest BCUT2D eigenvalue weighted by atomic mass is 9.75. The zero-order valence-electron chi connectivity index (χ0n) is 63.0. The predicted molar refractivity (Wildman–Crippen MR) is 409 cm³/mol. The molecule has 4 amide bonds. The number of hydrogen-bond donors (Lipinski definition) is 9. The number of hydrazone groups is 1. The highest BCUT2D eigenvalue weighted by molar-refractivity contribution is 14.1. The number of alkyl carbamates (subject to hydrolysis) is 1. The molecule has 19 atom stereocenters. The van der Waals surface area contributed by atoms with Crippen LogP contribution in [0.1, 0.15) is 108 Å². The van der Waals surface area contributed by atoms with Crippen molar-refractivity contribution in [3.63, 3.8) is 0 Å². The van der Waals surface area contributed by atoms with Gasteiger partial charge in [0.25, 0.3) is 0 Å². The highest BCUT2D eigenvalue weighted by Gasteiger charge is 2.53. The van der Waals surface area contributed by atoms with E-state index in [-0.39, 0.29) is 89.0 Å². The zero-order chi connectivity index (χ0) is 79.8. The Hall–Kier alpha value is -6.41. The summed E-state index contributed by atoms with van der Waals surface area (Å²) in [5, 5.41) is 67.1. The summed E-state index contributed by atoms with van der Waals surface area (Å²) in [5.41, 5.74) is 4.57. The number of methoxy groups -OCH3 is 5. The Labute approximate surface area is 659 Å². The van der Waals surface area contributed by atoms with Crippen LogP contribution in [0.2, 0.25) is 0 Å². The highest BCUT2D eigenvalue weighted by Crippen LogP contribution is 2.50. The molecule has 0 radical (unpaired) electrons. The molecule has 0 aromatic heterocycles. The molecule has 109 heavy (non-hydrogen) atoms. The van der Waals surface area contributed by atoms with Crippen LogP contribution < -0.4 is 40.5 Å². The van der Waals surface area contributed by atoms with E-state index in [1.54, 1.807) is 59.9 Å². The number of amides is 4. The number of ketones is 1. The Balaban J connectivity index is 1.01. The number of nitrogens with zero attached hydrogens (tertiary/aromatic N) is 2. The van der Waals surface area contributed by atoms with Gasteiger partial charge in [0.15, 0.2) is 41.8 Å². The second-order valence-corrected chi connectivity index (χ2v) is 32.0. The van der Waals surface area contributed by atoms with Gasteiger partial charge in [-0.3, -0.25) is 34.1 Å². The largest absolute Gasteiger partial charge is 0.494 e. The van der Waals surface area contributed by atoms with Crippen LogP contribution >= 0.6 is 55.9 Å². The number of allylic oxidation sites excluding steroid dienone is 3. The third-order valence-electron chi connectivity index (χ3n) is 18.7. The van der Waals surface area contributed by atoms with E-state index in [9.17, 15) is 54.3 Å². The van der Waals surface area contributed by atoms with E-state index in [0.29, 0.717) is 40.0 Å². The predicted octanol–water partition coefficient (Wildman–Crippen LogP) is 4.92. The Morgan fingerprint density at radius 2 is 1.57 bits per heavy atom. The fraction of sp³-hybridized carbons (Fsp3) is 0.581. The lowest BCUT2D eigenvalue weighted by Gasteiger charge is -2.47. The van der Waals surface area contributed by atoms with Gasteiger partial charge in [0.2, 0.25) is 34.9 Å². The molecule has 8 rings (SSSR count). The molecule has 9 N–H and O–H groups in total. The number of Topliss-reactive ketones (excluding diaryl/α,β-unsaturated/α-hetero) is 1. The summed E-state index contributed by atoms with van der Waals surface area (Å²) in [7, 11) is 10.8. The number of hydroxylamine groups is 1. The van der Waals surface area contributed by atoms with Gasteiger partial charge in [-0.05, 0) is 125 Å². The maximum absolute atomic E-state index is 14.6. The molecule has 19 unspecified atom stereocenters. The molecule has 4 aliphatic heterocycles. The van der Waals surface area contributed by atoms with Crippen molar-refractivity contribution in [2.75, 3.05) is 61.6 Å². The van der Waals surface area contributed by atoms with E-state index >= 15 is 0 Å². The standard InChI is InChI=1S/C74H97IN6O25S3/c1-16-81(42(7)82)46-36-99-53(33-50(46)93-11)104-66-61(88)58(80-106-54-32-47(83)68(41(6)100-54)108-69(90)55-37(2)57(75)64(67(96-14)63(55)94-12)105-70-62(89)65(95-13)60(87)40(5)102-70)39(4)101-71(66)103-49-22-19-17-18-20-29-74(92)34-48(84)59(77-72(91)97-15)56(49)45(74)28-31-107-109-73(8,9)35-52(86)79-78-38(3)43-24-26-44(27-25-43)98-30-21-23-51(85)76-10/h16-18,24-28,39-41,46-47,49-50,53-54,58,60-62,65-66,68,70-71,80,83,87-89,92H,1,21,23,30-36H2,2-15H3,(H,76,85)(H,77,91)(H,79,86)/b18-17-,45-28+,78-38?. The monoisotopic (exact) mass is 1690 g/mol. The number of aliphatic hydroxyl groups is 5. The van der Waals surface area contributed by atoms with Crippen LogP contribution in [0.5, 0.6) is 23.0 Å². The smallest absolute Gasteiger partial charge is 0.411 e. The molecule has 35 heteroatoms. The topological polar surface area (TPSA) is 397 Å². The van der Waals surface area contributed by atoms with Crippen molar-refractivity contribution < 1.29 is 121 Å². The molecular formula is C74H97IN6O25S3. The molecule has 2 aromatic carbocycles. The van der Waals surface area contributed by atoms with E-state index in [1.807, 2.05) is 48.6 Å². The maximum atomic E-state index is 14.6. The number of carbonyl (C=O) groups is 6. The van der Waals surface area contributed by atoms with E-state index in [0.717, 1.165) is 24.4 Å². The number of ether oxygens (including phenoxy) is 13. The van der Waals surface area contributed by atoms with Crippen molar-refractivity contribution in [3.05, 3.63) is 92.4 Å². The van der Waals surface area contributed by atoms with Crippen LogP contribution in [0.25, 0.3) is 0 Å². The number of fused-ring (bicyclic) bond motifs is 2. The van der Waals surface area contributed by atoms with Gasteiger partial charge in [0.1, 0.15) is 42.4 Å². The average molecular weight is 1690 g/mol. The third kappa shape index (κ3) is 22.1.